The maximum absolute atomic E-state index is 12.9. The molecule has 1 aliphatic heterocycles. The molecule has 21 heavy (non-hydrogen) atoms. The van der Waals surface area contributed by atoms with Crippen LogP contribution < -0.4 is 5.73 Å². The summed E-state index contributed by atoms with van der Waals surface area (Å²) < 4.78 is 27.3. The normalized spacial score (nSPS) is 15.1. The second-order valence-electron chi connectivity index (χ2n) is 5.26. The van der Waals surface area contributed by atoms with Crippen molar-refractivity contribution in [3.05, 3.63) is 59.2 Å². The van der Waals surface area contributed by atoms with Gasteiger partial charge in [0.1, 0.15) is 0 Å². The van der Waals surface area contributed by atoms with Gasteiger partial charge in [0.2, 0.25) is 10.0 Å². The third-order valence-corrected chi connectivity index (χ3v) is 5.78. The lowest BCUT2D eigenvalue weighted by molar-refractivity contribution is 0.431. The number of sulfonamides is 1. The minimum absolute atomic E-state index is 0.331. The Bertz CT molecular complexity index is 760. The van der Waals surface area contributed by atoms with E-state index in [4.69, 9.17) is 5.73 Å². The summed E-state index contributed by atoms with van der Waals surface area (Å²) in [5, 5.41) is 0. The number of aryl methyl sites for hydroxylation is 1. The van der Waals surface area contributed by atoms with E-state index in [1.807, 2.05) is 31.2 Å². The molecule has 1 aliphatic rings. The van der Waals surface area contributed by atoms with Gasteiger partial charge in [0.05, 0.1) is 4.90 Å². The van der Waals surface area contributed by atoms with Gasteiger partial charge >= 0.3 is 0 Å². The van der Waals surface area contributed by atoms with Crippen molar-refractivity contribution in [1.82, 2.24) is 4.31 Å². The molecule has 110 valence electrons. The average molecular weight is 302 g/mol. The molecule has 1 heterocycles. The van der Waals surface area contributed by atoms with Crippen molar-refractivity contribution in [2.45, 2.75) is 31.3 Å². The first-order valence-electron chi connectivity index (χ1n) is 6.97. The lowest BCUT2D eigenvalue weighted by atomic mass is 10.1. The molecule has 0 atom stereocenters. The number of benzene rings is 2. The van der Waals surface area contributed by atoms with Gasteiger partial charge in [0.25, 0.3) is 0 Å². The lowest BCUT2D eigenvalue weighted by Gasteiger charge is -2.18. The fourth-order valence-electron chi connectivity index (χ4n) is 2.71. The number of fused-ring (bicyclic) bond motifs is 1. The second kappa shape index (κ2) is 5.16. The standard InChI is InChI=1S/C16H18N2O2S/c1-2-12-7-8-15(17)9-16(12)21(19,20)18-10-13-5-3-4-6-14(13)11-18/h3-9H,2,10-11,17H2,1H3. The van der Waals surface area contributed by atoms with Crippen LogP contribution >= 0.6 is 0 Å². The van der Waals surface area contributed by atoms with Crippen LogP contribution in [0.1, 0.15) is 23.6 Å². The van der Waals surface area contributed by atoms with Crippen molar-refractivity contribution < 1.29 is 8.42 Å². The first-order valence-corrected chi connectivity index (χ1v) is 8.41. The van der Waals surface area contributed by atoms with Crippen molar-refractivity contribution in [2.75, 3.05) is 5.73 Å². The topological polar surface area (TPSA) is 63.4 Å². The number of hydrogen-bond donors (Lipinski definition) is 1. The molecular formula is C16H18N2O2S. The van der Waals surface area contributed by atoms with Gasteiger partial charge < -0.3 is 5.73 Å². The van der Waals surface area contributed by atoms with Crippen LogP contribution in [-0.2, 0) is 29.5 Å². The molecule has 2 aromatic rings. The Morgan fingerprint density at radius 2 is 1.71 bits per heavy atom. The number of hydrogen-bond acceptors (Lipinski definition) is 3. The maximum Gasteiger partial charge on any atom is 0.244 e. The zero-order valence-electron chi connectivity index (χ0n) is 11.9. The quantitative estimate of drug-likeness (QED) is 0.886. The molecule has 0 unspecified atom stereocenters. The zero-order chi connectivity index (χ0) is 15.0. The first-order chi connectivity index (χ1) is 10.0. The molecule has 0 saturated heterocycles. The monoisotopic (exact) mass is 302 g/mol. The summed E-state index contributed by atoms with van der Waals surface area (Å²) in [5.41, 5.74) is 9.20. The van der Waals surface area contributed by atoms with E-state index >= 15 is 0 Å². The molecule has 0 fully saturated rings. The van der Waals surface area contributed by atoms with Gasteiger partial charge in [-0.3, -0.25) is 0 Å². The third-order valence-electron chi connectivity index (χ3n) is 3.90. The van der Waals surface area contributed by atoms with Gasteiger partial charge in [-0.2, -0.15) is 4.31 Å². The Hall–Kier alpha value is -1.85. The van der Waals surface area contributed by atoms with E-state index in [2.05, 4.69) is 0 Å². The van der Waals surface area contributed by atoms with Crippen molar-refractivity contribution >= 4 is 15.7 Å². The molecule has 0 aliphatic carbocycles. The summed E-state index contributed by atoms with van der Waals surface area (Å²) in [6, 6.07) is 12.9. The molecule has 2 N–H and O–H groups in total. The van der Waals surface area contributed by atoms with Crippen LogP contribution in [0, 0.1) is 0 Å². The molecule has 0 spiro atoms. The summed E-state index contributed by atoms with van der Waals surface area (Å²) in [6.07, 6.45) is 0.662. The van der Waals surface area contributed by atoms with E-state index in [1.165, 1.54) is 4.31 Å². The summed E-state index contributed by atoms with van der Waals surface area (Å²) >= 11 is 0. The molecule has 4 nitrogen and oxygen atoms in total. The molecule has 2 aromatic carbocycles. The SMILES string of the molecule is CCc1ccc(N)cc1S(=O)(=O)N1Cc2ccccc2C1. The van der Waals surface area contributed by atoms with Crippen LogP contribution in [0.3, 0.4) is 0 Å². The highest BCUT2D eigenvalue weighted by atomic mass is 32.2. The summed E-state index contributed by atoms with van der Waals surface area (Å²) in [6.45, 7) is 2.80. The van der Waals surface area contributed by atoms with Crippen LogP contribution in [0.15, 0.2) is 47.4 Å². The van der Waals surface area contributed by atoms with E-state index in [9.17, 15) is 8.42 Å². The minimum Gasteiger partial charge on any atom is -0.399 e. The largest absolute Gasteiger partial charge is 0.399 e. The Morgan fingerprint density at radius 3 is 2.29 bits per heavy atom. The number of nitrogen functional groups attached to an aromatic ring is 1. The molecule has 3 rings (SSSR count). The van der Waals surface area contributed by atoms with Gasteiger partial charge in [0.15, 0.2) is 0 Å². The predicted molar refractivity (Wildman–Crippen MR) is 83.1 cm³/mol. The maximum atomic E-state index is 12.9. The average Bonchev–Trinajstić information content (AvgIpc) is 2.92. The van der Waals surface area contributed by atoms with E-state index in [0.717, 1.165) is 16.7 Å². The number of nitrogens with two attached hydrogens (primary N) is 1. The second-order valence-corrected chi connectivity index (χ2v) is 7.17. The van der Waals surface area contributed by atoms with E-state index in [0.29, 0.717) is 30.1 Å². The molecule has 5 heteroatoms. The molecular weight excluding hydrogens is 284 g/mol. The highest BCUT2D eigenvalue weighted by Crippen LogP contribution is 2.30. The van der Waals surface area contributed by atoms with Gasteiger partial charge in [-0.25, -0.2) is 8.42 Å². The van der Waals surface area contributed by atoms with Crippen molar-refractivity contribution in [2.24, 2.45) is 0 Å². The van der Waals surface area contributed by atoms with Crippen LogP contribution in [0.5, 0.6) is 0 Å². The Morgan fingerprint density at radius 1 is 1.10 bits per heavy atom. The zero-order valence-corrected chi connectivity index (χ0v) is 12.7. The lowest BCUT2D eigenvalue weighted by Crippen LogP contribution is -2.26. The van der Waals surface area contributed by atoms with E-state index < -0.39 is 10.0 Å². The van der Waals surface area contributed by atoms with Gasteiger partial charge in [-0.05, 0) is 35.2 Å². The van der Waals surface area contributed by atoms with Gasteiger partial charge in [-0.1, -0.05) is 37.3 Å². The van der Waals surface area contributed by atoms with Crippen LogP contribution in [0.4, 0.5) is 5.69 Å². The molecule has 0 aromatic heterocycles. The van der Waals surface area contributed by atoms with Crippen molar-refractivity contribution in [3.63, 3.8) is 0 Å². The van der Waals surface area contributed by atoms with Crippen LogP contribution in [0.25, 0.3) is 0 Å². The minimum atomic E-state index is -3.52. The number of nitrogens with zero attached hydrogens (tertiary/aromatic N) is 1. The third kappa shape index (κ3) is 2.43. The fourth-order valence-corrected chi connectivity index (χ4v) is 4.44. The summed E-state index contributed by atoms with van der Waals surface area (Å²) in [4.78, 5) is 0.331. The molecule has 0 bridgehead atoms. The predicted octanol–water partition coefficient (Wildman–Crippen LogP) is 2.54. The first kappa shape index (κ1) is 14.1. The highest BCUT2D eigenvalue weighted by Gasteiger charge is 2.31. The van der Waals surface area contributed by atoms with E-state index in [-0.39, 0.29) is 0 Å². The fraction of sp³-hybridized carbons (Fsp3) is 0.250. The Labute approximate surface area is 125 Å². The molecule has 0 saturated carbocycles. The number of rotatable bonds is 3. The molecule has 0 radical (unpaired) electrons. The highest BCUT2D eigenvalue weighted by molar-refractivity contribution is 7.89. The van der Waals surface area contributed by atoms with Crippen molar-refractivity contribution in [1.29, 1.82) is 0 Å². The van der Waals surface area contributed by atoms with Crippen LogP contribution in [0.2, 0.25) is 0 Å². The number of anilines is 1. The van der Waals surface area contributed by atoms with Crippen molar-refractivity contribution in [3.8, 4) is 0 Å². The van der Waals surface area contributed by atoms with Gasteiger partial charge in [0, 0.05) is 18.8 Å². The summed E-state index contributed by atoms with van der Waals surface area (Å²) in [5.74, 6) is 0. The Balaban J connectivity index is 2.02. The molecule has 0 amide bonds. The summed E-state index contributed by atoms with van der Waals surface area (Å²) in [7, 11) is -3.52. The van der Waals surface area contributed by atoms with Gasteiger partial charge in [-0.15, -0.1) is 0 Å². The van der Waals surface area contributed by atoms with E-state index in [1.54, 1.807) is 18.2 Å². The van der Waals surface area contributed by atoms with Crippen LogP contribution in [-0.4, -0.2) is 12.7 Å². The Kier molecular flexibility index (Phi) is 3.47. The smallest absolute Gasteiger partial charge is 0.244 e.